The first-order chi connectivity index (χ1) is 9.71. The highest BCUT2D eigenvalue weighted by molar-refractivity contribution is 6.17. The highest BCUT2D eigenvalue weighted by atomic mass is 35.5. The molecule has 0 saturated carbocycles. The molecule has 104 valence electrons. The van der Waals surface area contributed by atoms with Gasteiger partial charge in [-0.25, -0.2) is 9.37 Å². The Balaban J connectivity index is 2.05. The highest BCUT2D eigenvalue weighted by Gasteiger charge is 2.22. The molecule has 0 bridgehead atoms. The number of benzene rings is 1. The van der Waals surface area contributed by atoms with Crippen LogP contribution in [0.4, 0.5) is 15.9 Å². The number of pyridine rings is 1. The maximum atomic E-state index is 13.5. The van der Waals surface area contributed by atoms with Gasteiger partial charge in [0, 0.05) is 23.8 Å². The van der Waals surface area contributed by atoms with Crippen LogP contribution in [-0.4, -0.2) is 11.5 Å². The van der Waals surface area contributed by atoms with Gasteiger partial charge in [-0.1, -0.05) is 13.0 Å². The van der Waals surface area contributed by atoms with E-state index < -0.39 is 0 Å². The molecule has 1 aromatic heterocycles. The van der Waals surface area contributed by atoms with Crippen molar-refractivity contribution in [2.24, 2.45) is 0 Å². The predicted molar refractivity (Wildman–Crippen MR) is 80.3 cm³/mol. The topological polar surface area (TPSA) is 16.1 Å². The molecule has 0 amide bonds. The molecule has 0 radical (unpaired) electrons. The van der Waals surface area contributed by atoms with Gasteiger partial charge in [-0.3, -0.25) is 0 Å². The lowest BCUT2D eigenvalue weighted by molar-refractivity contribution is 0.628. The van der Waals surface area contributed by atoms with E-state index in [9.17, 15) is 4.39 Å². The van der Waals surface area contributed by atoms with Crippen molar-refractivity contribution in [2.75, 3.05) is 11.4 Å². The van der Waals surface area contributed by atoms with Crippen LogP contribution in [0.3, 0.4) is 0 Å². The van der Waals surface area contributed by atoms with Crippen LogP contribution >= 0.6 is 11.6 Å². The monoisotopic (exact) mass is 290 g/mol. The van der Waals surface area contributed by atoms with Crippen LogP contribution in [0, 0.1) is 5.82 Å². The Bertz CT molecular complexity index is 620. The molecule has 2 aromatic rings. The molecular formula is C16H16ClFN2. The predicted octanol–water partition coefficient (Wildman–Crippen LogP) is 4.22. The molecule has 0 fully saturated rings. The molecule has 0 N–H and O–H groups in total. The van der Waals surface area contributed by atoms with E-state index in [-0.39, 0.29) is 5.82 Å². The molecule has 2 heterocycles. The minimum Gasteiger partial charge on any atom is -0.326 e. The first-order valence-electron chi connectivity index (χ1n) is 6.83. The number of anilines is 2. The lowest BCUT2D eigenvalue weighted by Crippen LogP contribution is -2.16. The third-order valence-electron chi connectivity index (χ3n) is 3.66. The number of aromatic nitrogens is 1. The number of rotatable bonds is 3. The second-order valence-electron chi connectivity index (χ2n) is 4.99. The quantitative estimate of drug-likeness (QED) is 0.787. The Morgan fingerprint density at radius 3 is 2.90 bits per heavy atom. The van der Waals surface area contributed by atoms with E-state index in [0.29, 0.717) is 5.88 Å². The van der Waals surface area contributed by atoms with Gasteiger partial charge in [-0.2, -0.15) is 0 Å². The number of fused-ring (bicyclic) bond motifs is 1. The van der Waals surface area contributed by atoms with Gasteiger partial charge in [0.15, 0.2) is 0 Å². The molecule has 20 heavy (non-hydrogen) atoms. The maximum absolute atomic E-state index is 13.5. The fraction of sp³-hybridized carbons (Fsp3) is 0.312. The van der Waals surface area contributed by atoms with Crippen molar-refractivity contribution in [1.82, 2.24) is 4.98 Å². The SMILES string of the molecule is CCc1cc(CCl)cc(N2CCc3ccc(F)cc32)n1. The fourth-order valence-corrected chi connectivity index (χ4v) is 2.77. The largest absolute Gasteiger partial charge is 0.326 e. The summed E-state index contributed by atoms with van der Waals surface area (Å²) in [5, 5.41) is 0. The zero-order chi connectivity index (χ0) is 14.1. The van der Waals surface area contributed by atoms with Gasteiger partial charge in [0.2, 0.25) is 0 Å². The third kappa shape index (κ3) is 2.38. The Kier molecular flexibility index (Phi) is 3.62. The maximum Gasteiger partial charge on any atom is 0.133 e. The molecule has 4 heteroatoms. The molecule has 0 atom stereocenters. The smallest absolute Gasteiger partial charge is 0.133 e. The van der Waals surface area contributed by atoms with Gasteiger partial charge >= 0.3 is 0 Å². The van der Waals surface area contributed by atoms with Crippen molar-refractivity contribution in [3.8, 4) is 0 Å². The zero-order valence-corrected chi connectivity index (χ0v) is 12.1. The van der Waals surface area contributed by atoms with E-state index in [1.54, 1.807) is 6.07 Å². The third-order valence-corrected chi connectivity index (χ3v) is 3.97. The molecule has 3 rings (SSSR count). The van der Waals surface area contributed by atoms with E-state index in [1.807, 2.05) is 18.2 Å². The Morgan fingerprint density at radius 1 is 1.30 bits per heavy atom. The molecule has 2 nitrogen and oxygen atoms in total. The first kappa shape index (κ1) is 13.4. The lowest BCUT2D eigenvalue weighted by Gasteiger charge is -2.20. The summed E-state index contributed by atoms with van der Waals surface area (Å²) < 4.78 is 13.5. The van der Waals surface area contributed by atoms with Crippen molar-refractivity contribution in [1.29, 1.82) is 0 Å². The van der Waals surface area contributed by atoms with Gasteiger partial charge in [0.1, 0.15) is 11.6 Å². The molecule has 0 unspecified atom stereocenters. The van der Waals surface area contributed by atoms with E-state index in [2.05, 4.69) is 16.8 Å². The molecule has 1 aliphatic rings. The highest BCUT2D eigenvalue weighted by Crippen LogP contribution is 2.34. The molecule has 1 aromatic carbocycles. The molecule has 0 saturated heterocycles. The van der Waals surface area contributed by atoms with E-state index in [0.717, 1.165) is 42.1 Å². The summed E-state index contributed by atoms with van der Waals surface area (Å²) >= 11 is 5.95. The molecular weight excluding hydrogens is 275 g/mol. The zero-order valence-electron chi connectivity index (χ0n) is 11.4. The van der Waals surface area contributed by atoms with Gasteiger partial charge in [-0.05, 0) is 48.2 Å². The van der Waals surface area contributed by atoms with Crippen LogP contribution in [0.2, 0.25) is 0 Å². The lowest BCUT2D eigenvalue weighted by atomic mass is 10.1. The number of aryl methyl sites for hydroxylation is 1. The summed E-state index contributed by atoms with van der Waals surface area (Å²) in [6.07, 6.45) is 1.78. The van der Waals surface area contributed by atoms with Gasteiger partial charge < -0.3 is 4.90 Å². The van der Waals surface area contributed by atoms with Crippen molar-refractivity contribution < 1.29 is 4.39 Å². The summed E-state index contributed by atoms with van der Waals surface area (Å²) in [6.45, 7) is 2.91. The van der Waals surface area contributed by atoms with E-state index in [4.69, 9.17) is 11.6 Å². The number of halogens is 2. The average Bonchev–Trinajstić information content (AvgIpc) is 2.89. The normalized spacial score (nSPS) is 13.7. The van der Waals surface area contributed by atoms with Crippen molar-refractivity contribution in [2.45, 2.75) is 25.6 Å². The van der Waals surface area contributed by atoms with E-state index in [1.165, 1.54) is 11.6 Å². The summed E-state index contributed by atoms with van der Waals surface area (Å²) in [4.78, 5) is 6.73. The summed E-state index contributed by atoms with van der Waals surface area (Å²) in [5.41, 5.74) is 4.16. The first-order valence-corrected chi connectivity index (χ1v) is 7.36. The average molecular weight is 291 g/mol. The van der Waals surface area contributed by atoms with Crippen LogP contribution in [0.15, 0.2) is 30.3 Å². The Morgan fingerprint density at radius 2 is 2.15 bits per heavy atom. The number of hydrogen-bond acceptors (Lipinski definition) is 2. The van der Waals surface area contributed by atoms with Crippen LogP contribution in [0.5, 0.6) is 0 Å². The van der Waals surface area contributed by atoms with Crippen molar-refractivity contribution >= 4 is 23.1 Å². The summed E-state index contributed by atoms with van der Waals surface area (Å²) in [6, 6.07) is 8.98. The fourth-order valence-electron chi connectivity index (χ4n) is 2.62. The summed E-state index contributed by atoms with van der Waals surface area (Å²) in [5.74, 6) is 1.12. The number of alkyl halides is 1. The second-order valence-corrected chi connectivity index (χ2v) is 5.25. The van der Waals surface area contributed by atoms with Crippen molar-refractivity contribution in [3.63, 3.8) is 0 Å². The number of nitrogens with zero attached hydrogens (tertiary/aromatic N) is 2. The second kappa shape index (κ2) is 5.41. The van der Waals surface area contributed by atoms with E-state index >= 15 is 0 Å². The minimum absolute atomic E-state index is 0.208. The van der Waals surface area contributed by atoms with Crippen LogP contribution in [-0.2, 0) is 18.7 Å². The molecule has 0 aliphatic carbocycles. The van der Waals surface area contributed by atoms with Crippen LogP contribution in [0.25, 0.3) is 0 Å². The molecule has 0 spiro atoms. The minimum atomic E-state index is -0.208. The number of hydrogen-bond donors (Lipinski definition) is 0. The van der Waals surface area contributed by atoms with Crippen LogP contribution in [0.1, 0.15) is 23.7 Å². The van der Waals surface area contributed by atoms with Crippen molar-refractivity contribution in [3.05, 3.63) is 53.0 Å². The Hall–Kier alpha value is -1.61. The summed E-state index contributed by atoms with van der Waals surface area (Å²) in [7, 11) is 0. The van der Waals surface area contributed by atoms with Gasteiger partial charge in [0.25, 0.3) is 0 Å². The standard InChI is InChI=1S/C16H16ClFN2/c1-2-14-7-11(10-17)8-16(19-14)20-6-5-12-3-4-13(18)9-15(12)20/h3-4,7-9H,2,5-6,10H2,1H3. The van der Waals surface area contributed by atoms with Gasteiger partial charge in [-0.15, -0.1) is 11.6 Å². The molecule has 1 aliphatic heterocycles. The Labute approximate surface area is 123 Å². The van der Waals surface area contributed by atoms with Gasteiger partial charge in [0.05, 0.1) is 0 Å². The van der Waals surface area contributed by atoms with Crippen LogP contribution < -0.4 is 4.90 Å².